The topological polar surface area (TPSA) is 41.5 Å². The van der Waals surface area contributed by atoms with E-state index in [1.807, 2.05) is 12.1 Å². The first-order valence-electron chi connectivity index (χ1n) is 5.80. The van der Waals surface area contributed by atoms with Crippen LogP contribution in [0.25, 0.3) is 0 Å². The lowest BCUT2D eigenvalue weighted by Crippen LogP contribution is -2.04. The van der Waals surface area contributed by atoms with E-state index in [0.717, 1.165) is 31.5 Å². The fraction of sp³-hybridized carbons (Fsp3) is 0.538. The van der Waals surface area contributed by atoms with Gasteiger partial charge in [0.25, 0.3) is 0 Å². The fourth-order valence-corrected chi connectivity index (χ4v) is 1.61. The lowest BCUT2D eigenvalue weighted by Gasteiger charge is -2.11. The Balaban J connectivity index is 2.34. The van der Waals surface area contributed by atoms with Crippen LogP contribution in [0.5, 0.6) is 0 Å². The SMILES string of the molecule is COCc1ccccc1NCCCCCO. The molecule has 0 unspecified atom stereocenters. The van der Waals surface area contributed by atoms with Gasteiger partial charge in [0.2, 0.25) is 0 Å². The van der Waals surface area contributed by atoms with Crippen molar-refractivity contribution in [3.8, 4) is 0 Å². The molecule has 1 aromatic carbocycles. The van der Waals surface area contributed by atoms with Crippen LogP contribution in [0.3, 0.4) is 0 Å². The summed E-state index contributed by atoms with van der Waals surface area (Å²) < 4.78 is 5.14. The highest BCUT2D eigenvalue weighted by Gasteiger charge is 1.99. The van der Waals surface area contributed by atoms with Crippen LogP contribution in [-0.2, 0) is 11.3 Å². The quantitative estimate of drug-likeness (QED) is 0.665. The third kappa shape index (κ3) is 4.64. The Labute approximate surface area is 97.4 Å². The number of anilines is 1. The van der Waals surface area contributed by atoms with Crippen molar-refractivity contribution < 1.29 is 9.84 Å². The van der Waals surface area contributed by atoms with E-state index < -0.39 is 0 Å². The van der Waals surface area contributed by atoms with Gasteiger partial charge in [-0.25, -0.2) is 0 Å². The smallest absolute Gasteiger partial charge is 0.0733 e. The second kappa shape index (κ2) is 8.13. The van der Waals surface area contributed by atoms with Crippen molar-refractivity contribution in [2.75, 3.05) is 25.6 Å². The van der Waals surface area contributed by atoms with E-state index in [4.69, 9.17) is 9.84 Å². The Morgan fingerprint density at radius 1 is 1.19 bits per heavy atom. The number of hydrogen-bond acceptors (Lipinski definition) is 3. The van der Waals surface area contributed by atoms with E-state index in [1.165, 1.54) is 5.56 Å². The molecule has 0 fully saturated rings. The molecule has 0 aliphatic rings. The van der Waals surface area contributed by atoms with Gasteiger partial charge >= 0.3 is 0 Å². The number of aliphatic hydroxyl groups excluding tert-OH is 1. The zero-order valence-corrected chi connectivity index (χ0v) is 9.91. The normalized spacial score (nSPS) is 10.4. The van der Waals surface area contributed by atoms with Gasteiger partial charge in [-0.3, -0.25) is 0 Å². The number of unbranched alkanes of at least 4 members (excludes halogenated alkanes) is 2. The second-order valence-corrected chi connectivity index (χ2v) is 3.80. The highest BCUT2D eigenvalue weighted by molar-refractivity contribution is 5.50. The minimum Gasteiger partial charge on any atom is -0.396 e. The zero-order valence-electron chi connectivity index (χ0n) is 9.91. The fourth-order valence-electron chi connectivity index (χ4n) is 1.61. The summed E-state index contributed by atoms with van der Waals surface area (Å²) in [7, 11) is 1.71. The summed E-state index contributed by atoms with van der Waals surface area (Å²) in [5.41, 5.74) is 2.33. The first kappa shape index (κ1) is 13.0. The molecule has 1 aromatic rings. The van der Waals surface area contributed by atoms with Crippen LogP contribution in [-0.4, -0.2) is 25.4 Å². The molecule has 0 aliphatic carbocycles. The molecule has 0 saturated heterocycles. The molecule has 0 saturated carbocycles. The Morgan fingerprint density at radius 3 is 2.75 bits per heavy atom. The van der Waals surface area contributed by atoms with Crippen molar-refractivity contribution in [1.29, 1.82) is 0 Å². The van der Waals surface area contributed by atoms with Gasteiger partial charge in [0, 0.05) is 31.5 Å². The van der Waals surface area contributed by atoms with Gasteiger partial charge in [0.05, 0.1) is 6.61 Å². The number of benzene rings is 1. The molecular formula is C13H21NO2. The summed E-state index contributed by atoms with van der Waals surface area (Å²) in [6.45, 7) is 1.88. The summed E-state index contributed by atoms with van der Waals surface area (Å²) in [4.78, 5) is 0. The molecule has 0 aromatic heterocycles. The van der Waals surface area contributed by atoms with Crippen molar-refractivity contribution in [2.24, 2.45) is 0 Å². The number of methoxy groups -OCH3 is 1. The van der Waals surface area contributed by atoms with Crippen LogP contribution in [0.2, 0.25) is 0 Å². The van der Waals surface area contributed by atoms with E-state index in [0.29, 0.717) is 13.2 Å². The molecule has 0 bridgehead atoms. The molecule has 0 amide bonds. The monoisotopic (exact) mass is 223 g/mol. The van der Waals surface area contributed by atoms with Crippen LogP contribution in [0, 0.1) is 0 Å². The van der Waals surface area contributed by atoms with E-state index in [1.54, 1.807) is 7.11 Å². The lowest BCUT2D eigenvalue weighted by atomic mass is 10.2. The molecule has 90 valence electrons. The summed E-state index contributed by atoms with van der Waals surface area (Å²) in [6, 6.07) is 8.18. The largest absolute Gasteiger partial charge is 0.396 e. The Hall–Kier alpha value is -1.06. The minimum atomic E-state index is 0.292. The first-order valence-corrected chi connectivity index (χ1v) is 5.80. The van der Waals surface area contributed by atoms with E-state index in [2.05, 4.69) is 17.4 Å². The summed E-state index contributed by atoms with van der Waals surface area (Å²) in [5, 5.41) is 12.1. The molecule has 3 nitrogen and oxygen atoms in total. The Morgan fingerprint density at radius 2 is 2.00 bits per heavy atom. The van der Waals surface area contributed by atoms with Crippen LogP contribution in [0.1, 0.15) is 24.8 Å². The molecule has 1 rings (SSSR count). The van der Waals surface area contributed by atoms with Crippen molar-refractivity contribution in [3.05, 3.63) is 29.8 Å². The maximum absolute atomic E-state index is 8.66. The predicted molar refractivity (Wildman–Crippen MR) is 66.6 cm³/mol. The average Bonchev–Trinajstić information content (AvgIpc) is 2.31. The summed E-state index contributed by atoms with van der Waals surface area (Å²) in [5.74, 6) is 0. The molecule has 3 heteroatoms. The molecule has 0 spiro atoms. The van der Waals surface area contributed by atoms with Gasteiger partial charge in [-0.2, -0.15) is 0 Å². The highest BCUT2D eigenvalue weighted by Crippen LogP contribution is 2.15. The van der Waals surface area contributed by atoms with E-state index in [9.17, 15) is 0 Å². The van der Waals surface area contributed by atoms with Crippen LogP contribution < -0.4 is 5.32 Å². The second-order valence-electron chi connectivity index (χ2n) is 3.80. The van der Waals surface area contributed by atoms with Crippen LogP contribution in [0.15, 0.2) is 24.3 Å². The average molecular weight is 223 g/mol. The van der Waals surface area contributed by atoms with Crippen LogP contribution in [0.4, 0.5) is 5.69 Å². The zero-order chi connectivity index (χ0) is 11.6. The number of nitrogens with one attached hydrogen (secondary N) is 1. The number of ether oxygens (including phenoxy) is 1. The number of aliphatic hydroxyl groups is 1. The minimum absolute atomic E-state index is 0.292. The number of para-hydroxylation sites is 1. The third-order valence-corrected chi connectivity index (χ3v) is 2.47. The standard InChI is InChI=1S/C13H21NO2/c1-16-11-12-7-3-4-8-13(12)14-9-5-2-6-10-15/h3-4,7-8,14-15H,2,5-6,9-11H2,1H3. The molecule has 0 radical (unpaired) electrons. The van der Waals surface area contributed by atoms with Gasteiger partial charge in [0.15, 0.2) is 0 Å². The Bertz CT molecular complexity index is 289. The Kier molecular flexibility index (Phi) is 6.61. The predicted octanol–water partition coefficient (Wildman–Crippen LogP) is 2.41. The molecule has 0 atom stereocenters. The molecule has 16 heavy (non-hydrogen) atoms. The van der Waals surface area contributed by atoms with Crippen molar-refractivity contribution >= 4 is 5.69 Å². The molecule has 2 N–H and O–H groups in total. The van der Waals surface area contributed by atoms with E-state index in [-0.39, 0.29) is 0 Å². The summed E-state index contributed by atoms with van der Waals surface area (Å²) >= 11 is 0. The van der Waals surface area contributed by atoms with Crippen molar-refractivity contribution in [1.82, 2.24) is 0 Å². The third-order valence-electron chi connectivity index (χ3n) is 2.47. The van der Waals surface area contributed by atoms with Gasteiger partial charge in [-0.1, -0.05) is 18.2 Å². The summed E-state index contributed by atoms with van der Waals surface area (Å²) in [6.07, 6.45) is 3.04. The number of rotatable bonds is 8. The maximum Gasteiger partial charge on any atom is 0.0733 e. The molecule has 0 aliphatic heterocycles. The lowest BCUT2D eigenvalue weighted by molar-refractivity contribution is 0.185. The maximum atomic E-state index is 8.66. The van der Waals surface area contributed by atoms with Gasteiger partial charge < -0.3 is 15.2 Å². The van der Waals surface area contributed by atoms with Gasteiger partial charge in [-0.15, -0.1) is 0 Å². The van der Waals surface area contributed by atoms with Gasteiger partial charge in [-0.05, 0) is 25.3 Å². The first-order chi connectivity index (χ1) is 7.88. The molecular weight excluding hydrogens is 202 g/mol. The van der Waals surface area contributed by atoms with Crippen molar-refractivity contribution in [2.45, 2.75) is 25.9 Å². The molecule has 0 heterocycles. The number of hydrogen-bond donors (Lipinski definition) is 2. The highest BCUT2D eigenvalue weighted by atomic mass is 16.5. The van der Waals surface area contributed by atoms with Crippen LogP contribution >= 0.6 is 0 Å². The van der Waals surface area contributed by atoms with Crippen molar-refractivity contribution in [3.63, 3.8) is 0 Å². The van der Waals surface area contributed by atoms with E-state index >= 15 is 0 Å². The van der Waals surface area contributed by atoms with Gasteiger partial charge in [0.1, 0.15) is 0 Å².